The number of para-hydroxylation sites is 11. The van der Waals surface area contributed by atoms with Gasteiger partial charge in [0.25, 0.3) is 0 Å². The summed E-state index contributed by atoms with van der Waals surface area (Å²) < 4.78 is 19.2. The number of fused-ring (bicyclic) bond motifs is 15. The third kappa shape index (κ3) is 12.3. The maximum absolute atomic E-state index is 6.46. The highest BCUT2D eigenvalue weighted by atomic mass is 16.3. The van der Waals surface area contributed by atoms with Crippen molar-refractivity contribution < 1.29 is 13.3 Å². The number of hydrogen-bond donors (Lipinski definition) is 0. The van der Waals surface area contributed by atoms with E-state index >= 15 is 0 Å². The average molecular weight is 1590 g/mol. The number of furan rings is 3. The SMILES string of the molecule is Cc1ccc2c(n1)oc1c(N3c4nccnc4N(c4ccccc4)[C@@H]3C)c(C)ccc12.Cc1ccc2c(oc3ccccc32)c1N1c2nc3ccccc3nc2N(c2ccccc2)[C@@H]1C.Cc1ccc2c(oc3ccccc32)c1N1c2nccnc2N(c2ccccc2)[C@@H]1C.Cc1ccccc1N1c2nc3ccccc3nc2N(c2ccccc2)[C@@H]1C. The van der Waals surface area contributed by atoms with Gasteiger partial charge in [-0.05, 0) is 188 Å². The molecular weight excluding hydrogens is 1510 g/mol. The van der Waals surface area contributed by atoms with Crippen LogP contribution in [0.15, 0.2) is 329 Å². The Kier molecular flexibility index (Phi) is 18.3. The van der Waals surface area contributed by atoms with Crippen LogP contribution in [0.2, 0.25) is 0 Å². The van der Waals surface area contributed by atoms with E-state index in [1.54, 1.807) is 24.8 Å². The van der Waals surface area contributed by atoms with Crippen molar-refractivity contribution in [2.24, 2.45) is 0 Å². The minimum Gasteiger partial charge on any atom is -0.454 e. The van der Waals surface area contributed by atoms with Gasteiger partial charge in [-0.25, -0.2) is 44.9 Å². The summed E-state index contributed by atoms with van der Waals surface area (Å²) in [5.41, 5.74) is 22.8. The van der Waals surface area contributed by atoms with Gasteiger partial charge in [0.2, 0.25) is 5.71 Å². The topological polar surface area (TPSA) is 181 Å². The zero-order valence-corrected chi connectivity index (χ0v) is 68.7. The van der Waals surface area contributed by atoms with Crippen LogP contribution in [-0.4, -0.2) is 69.5 Å². The Balaban J connectivity index is 0.000000100. The molecule has 0 unspecified atom stereocenters. The first-order valence-corrected chi connectivity index (χ1v) is 41.2. The van der Waals surface area contributed by atoms with Crippen LogP contribution in [0.3, 0.4) is 0 Å². The summed E-state index contributed by atoms with van der Waals surface area (Å²) in [7, 11) is 0. The molecule has 20 heteroatoms. The molecule has 24 rings (SSSR count). The molecule has 4 aliphatic heterocycles. The van der Waals surface area contributed by atoms with Gasteiger partial charge in [-0.15, -0.1) is 0 Å². The minimum atomic E-state index is -0.0493. The summed E-state index contributed by atoms with van der Waals surface area (Å²) in [6, 6.07) is 99.4. The minimum absolute atomic E-state index is 0.0117. The Morgan fingerprint density at radius 3 is 0.926 bits per heavy atom. The highest BCUT2D eigenvalue weighted by Gasteiger charge is 2.44. The molecule has 122 heavy (non-hydrogen) atoms. The van der Waals surface area contributed by atoms with Crippen molar-refractivity contribution in [2.75, 3.05) is 39.2 Å². The van der Waals surface area contributed by atoms with E-state index in [4.69, 9.17) is 43.2 Å². The maximum atomic E-state index is 6.46. The van der Waals surface area contributed by atoms with Gasteiger partial charge in [-0.1, -0.05) is 188 Å². The summed E-state index contributed by atoms with van der Waals surface area (Å²) in [4.78, 5) is 61.6. The molecule has 4 atom stereocenters. The second kappa shape index (κ2) is 30.1. The molecule has 12 heterocycles. The summed E-state index contributed by atoms with van der Waals surface area (Å²) in [6.07, 6.45) is 6.96. The van der Waals surface area contributed by atoms with Crippen LogP contribution in [0, 0.1) is 34.6 Å². The summed E-state index contributed by atoms with van der Waals surface area (Å²) in [5.74, 6) is 6.83. The van der Waals surface area contributed by atoms with E-state index < -0.39 is 0 Å². The molecule has 0 spiro atoms. The normalized spacial score (nSPS) is 15.8. The van der Waals surface area contributed by atoms with Gasteiger partial charge in [-0.3, -0.25) is 14.7 Å². The standard InChI is InChI=1S/C29H22N4O.C25H21N5O.C25H20N4O.C23H20N4/c1-18-16-17-22-21-12-6-9-15-25(21)34-27(22)26(18)33-19(2)32(20-10-4-3-5-11-20)28-29(33)31-24-14-8-7-13-23(24)30-28;1-15-9-11-19-20-12-10-16(2)28-25(20)31-22(19)21(15)30-17(3)29(18-7-5-4-6-8-18)23-24(30)27-14-13-26-23;1-16-12-13-20-19-10-6-7-11-21(19)30-23(20)22(16)29-17(2)28(18-8-4-3-5-9-18)24-25(29)27-15-14-26-24;1-16-10-6-9-15-21(16)27-17(2)26(18-11-4-3-5-12-18)22-23(27)25-20-14-8-7-13-19(20)24-22/h3-17,19H,1-2H3;4-14,17H,1-3H3;3-15,17H,1-2H3;3-15,17H,1-2H3/t19-;3*17-/m0000/s1. The smallest absolute Gasteiger partial charge is 0.227 e. The maximum Gasteiger partial charge on any atom is 0.227 e. The van der Waals surface area contributed by atoms with Gasteiger partial charge < -0.3 is 37.8 Å². The Labute approximate surface area is 704 Å². The van der Waals surface area contributed by atoms with Gasteiger partial charge in [0.05, 0.1) is 39.1 Å². The highest BCUT2D eigenvalue weighted by Crippen LogP contribution is 2.54. The molecule has 20 nitrogen and oxygen atoms in total. The van der Waals surface area contributed by atoms with E-state index in [1.807, 2.05) is 140 Å². The predicted molar refractivity (Wildman–Crippen MR) is 493 cm³/mol. The highest BCUT2D eigenvalue weighted by molar-refractivity contribution is 6.13. The Morgan fingerprint density at radius 1 is 0.230 bits per heavy atom. The lowest BCUT2D eigenvalue weighted by molar-refractivity contribution is 0.647. The third-order valence-corrected chi connectivity index (χ3v) is 23.7. The van der Waals surface area contributed by atoms with E-state index in [2.05, 4.69) is 267 Å². The van der Waals surface area contributed by atoms with E-state index in [0.717, 1.165) is 197 Å². The van der Waals surface area contributed by atoms with Crippen LogP contribution in [0.4, 0.5) is 92.0 Å². The number of nitrogens with zero attached hydrogens (tertiary/aromatic N) is 17. The summed E-state index contributed by atoms with van der Waals surface area (Å²) in [5, 5.41) is 6.54. The Bertz CT molecular complexity index is 7410. The molecule has 8 aromatic heterocycles. The quantitative estimate of drug-likeness (QED) is 0.140. The molecule has 594 valence electrons. The molecule has 20 aromatic rings. The lowest BCUT2D eigenvalue weighted by Crippen LogP contribution is -2.36. The Hall–Kier alpha value is -15.6. The molecule has 0 saturated heterocycles. The number of aryl methyl sites for hydroxylation is 5. The lowest BCUT2D eigenvalue weighted by atomic mass is 10.1. The molecule has 0 radical (unpaired) electrons. The molecule has 0 bridgehead atoms. The van der Waals surface area contributed by atoms with Crippen molar-refractivity contribution in [2.45, 2.75) is 87.0 Å². The number of benzene rings is 12. The largest absolute Gasteiger partial charge is 0.454 e. The fourth-order valence-electron chi connectivity index (χ4n) is 18.1. The first kappa shape index (κ1) is 74.0. The molecular formula is C102H83N17O3. The van der Waals surface area contributed by atoms with Gasteiger partial charge in [-0.2, -0.15) is 0 Å². The van der Waals surface area contributed by atoms with E-state index in [1.165, 1.54) is 5.56 Å². The monoisotopic (exact) mass is 1590 g/mol. The van der Waals surface area contributed by atoms with Crippen LogP contribution < -0.4 is 39.2 Å². The zero-order valence-electron chi connectivity index (χ0n) is 68.7. The molecule has 0 aliphatic carbocycles. The van der Waals surface area contributed by atoms with Crippen LogP contribution in [-0.2, 0) is 0 Å². The van der Waals surface area contributed by atoms with Gasteiger partial charge in [0.15, 0.2) is 63.3 Å². The molecule has 12 aromatic carbocycles. The van der Waals surface area contributed by atoms with Crippen LogP contribution in [0.1, 0.15) is 55.6 Å². The van der Waals surface area contributed by atoms with E-state index in [-0.39, 0.29) is 24.7 Å². The zero-order chi connectivity index (χ0) is 82.5. The molecule has 0 N–H and O–H groups in total. The number of anilines is 16. The third-order valence-electron chi connectivity index (χ3n) is 23.7. The fourth-order valence-corrected chi connectivity index (χ4v) is 18.1. The first-order valence-electron chi connectivity index (χ1n) is 41.2. The fraction of sp³-hybridized carbons (Fsp3) is 0.127. The van der Waals surface area contributed by atoms with Crippen LogP contribution >= 0.6 is 0 Å². The van der Waals surface area contributed by atoms with Crippen molar-refractivity contribution in [1.82, 2.24) is 44.9 Å². The van der Waals surface area contributed by atoms with E-state index in [9.17, 15) is 0 Å². The van der Waals surface area contributed by atoms with Gasteiger partial charge >= 0.3 is 0 Å². The van der Waals surface area contributed by atoms with Crippen LogP contribution in [0.25, 0.3) is 88.0 Å². The van der Waals surface area contributed by atoms with E-state index in [0.29, 0.717) is 5.71 Å². The van der Waals surface area contributed by atoms with Crippen molar-refractivity contribution in [3.8, 4) is 0 Å². The number of rotatable bonds is 8. The van der Waals surface area contributed by atoms with Gasteiger partial charge in [0, 0.05) is 91.2 Å². The second-order valence-corrected chi connectivity index (χ2v) is 31.2. The molecule has 0 saturated carbocycles. The summed E-state index contributed by atoms with van der Waals surface area (Å²) in [6.45, 7) is 19.2. The molecule has 4 aliphatic rings. The van der Waals surface area contributed by atoms with Crippen molar-refractivity contribution in [3.63, 3.8) is 0 Å². The average Bonchev–Trinajstić information content (AvgIpc) is 1.57. The predicted octanol–water partition coefficient (Wildman–Crippen LogP) is 25.4. The van der Waals surface area contributed by atoms with Crippen molar-refractivity contribution in [1.29, 1.82) is 0 Å². The van der Waals surface area contributed by atoms with Gasteiger partial charge in [0.1, 0.15) is 35.8 Å². The molecule has 0 fully saturated rings. The number of pyridine rings is 1. The summed E-state index contributed by atoms with van der Waals surface area (Å²) >= 11 is 0. The number of aromatic nitrogens is 9. The first-order chi connectivity index (χ1) is 59.8. The lowest BCUT2D eigenvalue weighted by Gasteiger charge is -2.30. The molecule has 0 amide bonds. The van der Waals surface area contributed by atoms with Crippen LogP contribution in [0.5, 0.6) is 0 Å². The second-order valence-electron chi connectivity index (χ2n) is 31.2. The Morgan fingerprint density at radius 2 is 0.525 bits per heavy atom. The van der Waals surface area contributed by atoms with Crippen molar-refractivity contribution >= 4 is 180 Å². The van der Waals surface area contributed by atoms with Crippen molar-refractivity contribution in [3.05, 3.63) is 344 Å². The number of hydrogen-bond acceptors (Lipinski definition) is 20.